The Hall–Kier alpha value is -6.07. The minimum Gasteiger partial charge on any atom is -0.503 e. The number of carboxylic acids is 2. The fourth-order valence-corrected chi connectivity index (χ4v) is 7.64. The molecular weight excluding hydrogens is 800 g/mol. The molecule has 0 bridgehead atoms. The fraction of sp³-hybridized carbons (Fsp3) is 0.312. The van der Waals surface area contributed by atoms with Gasteiger partial charge in [0.25, 0.3) is 17.7 Å². The normalized spacial score (nSPS) is 19.9. The molecule has 1 fully saturated rings. The molecule has 0 saturated carbocycles. The number of hydrogen-bond donors (Lipinski definition) is 9. The van der Waals surface area contributed by atoms with E-state index in [-0.39, 0.29) is 53.5 Å². The van der Waals surface area contributed by atoms with Gasteiger partial charge in [-0.1, -0.05) is 40.7 Å². The lowest BCUT2D eigenvalue weighted by atomic mass is 10.0. The van der Waals surface area contributed by atoms with E-state index >= 15 is 0 Å². The van der Waals surface area contributed by atoms with Crippen LogP contribution in [0, 0.1) is 0 Å². The van der Waals surface area contributed by atoms with E-state index in [0.29, 0.717) is 27.2 Å². The number of allylic oxidation sites excluding steroid dienone is 3. The number of rotatable bonds is 14. The number of nitrogens with one attached hydrogen (secondary N) is 3. The van der Waals surface area contributed by atoms with Gasteiger partial charge in [-0.2, -0.15) is 4.73 Å². The minimum absolute atomic E-state index is 0.00642. The number of hydrogen-bond acceptors (Lipinski definition) is 17. The Morgan fingerprint density at radius 3 is 2.61 bits per heavy atom. The van der Waals surface area contributed by atoms with Crippen molar-refractivity contribution in [2.75, 3.05) is 32.1 Å². The van der Waals surface area contributed by atoms with Crippen LogP contribution in [-0.2, 0) is 24.0 Å². The van der Waals surface area contributed by atoms with Crippen molar-refractivity contribution in [3.8, 4) is 5.75 Å². The second kappa shape index (κ2) is 16.7. The maximum Gasteiger partial charge on any atom is 0.352 e. The van der Waals surface area contributed by atoms with Crippen molar-refractivity contribution < 1.29 is 49.3 Å². The van der Waals surface area contributed by atoms with Gasteiger partial charge >= 0.3 is 11.9 Å². The van der Waals surface area contributed by atoms with Gasteiger partial charge in [0.05, 0.1) is 21.3 Å². The maximum absolute atomic E-state index is 13.7. The predicted octanol–water partition coefficient (Wildman–Crippen LogP) is -0.890. The molecule has 5 rings (SSSR count). The highest BCUT2D eigenvalue weighted by atomic mass is 35.5. The summed E-state index contributed by atoms with van der Waals surface area (Å²) in [4.78, 5) is 87.6. The molecule has 1 unspecified atom stereocenters. The van der Waals surface area contributed by atoms with E-state index in [1.165, 1.54) is 43.8 Å². The molecule has 0 spiro atoms. The Morgan fingerprint density at radius 1 is 1.18 bits per heavy atom. The lowest BCUT2D eigenvalue weighted by Crippen LogP contribution is -2.71. The van der Waals surface area contributed by atoms with Crippen LogP contribution < -0.4 is 32.8 Å². The molecule has 2 atom stereocenters. The van der Waals surface area contributed by atoms with Crippen molar-refractivity contribution in [1.82, 2.24) is 30.5 Å². The number of carbonyl (C=O) groups excluding carboxylic acids is 3. The summed E-state index contributed by atoms with van der Waals surface area (Å²) in [6, 6.07) is -0.422. The molecule has 24 heteroatoms. The topological polar surface area (TPSA) is 317 Å². The van der Waals surface area contributed by atoms with Crippen molar-refractivity contribution in [3.05, 3.63) is 84.5 Å². The Kier molecular flexibility index (Phi) is 12.3. The molecule has 56 heavy (non-hydrogen) atoms. The second-order valence-corrected chi connectivity index (χ2v) is 15.4. The average molecular weight is 835 g/mol. The molecular formula is C32H35ClN10O11S2. The first-order valence-corrected chi connectivity index (χ1v) is 18.5. The van der Waals surface area contributed by atoms with Crippen LogP contribution >= 0.6 is 35.1 Å². The summed E-state index contributed by atoms with van der Waals surface area (Å²) >= 11 is 8.53. The molecule has 0 aromatic carbocycles. The van der Waals surface area contributed by atoms with Crippen molar-refractivity contribution in [1.29, 1.82) is 0 Å². The highest BCUT2D eigenvalue weighted by Gasteiger charge is 2.54. The first-order chi connectivity index (χ1) is 26.4. The number of thioether (sulfide) groups is 2. The number of aliphatic carboxylic acids is 2. The molecule has 1 aromatic heterocycles. The van der Waals surface area contributed by atoms with Crippen LogP contribution in [0.2, 0.25) is 0 Å². The standard InChI is InChI=1S/C32H35ClN10O11S2/c1-32(2,31(51)52)54-40-21(15-4-3-5-20(34)56-24(15)33)27(47)39-22-28(48)43-23(30(49)50)14(12-55-29(22)43)9-41-10-16(25(35)38-13-41)36-6-7-37-26(46)17-8-18(44)19(45)11-42(17)53/h3-5,8,10-11,22,29,36,45,53H,6-7,9,12-13,34H2,1-2H3,(H2,35,38)(H,37,46)(H,39,47)(H,49,50)(H,51,52)/b40-21-/t22-,29?/m1/s1. The predicted molar refractivity (Wildman–Crippen MR) is 203 cm³/mol. The SMILES string of the molecule is CC(C)(O/N=C(\C(=O)N[C@@H]1C(=O)N2C(C(=O)O)=C(CN3C=C(NCCNC(=O)c4cc(=O)c(O)cn4O)C(N)=NC3)CSC12)C1=C(Cl)SC(N)=CC=C1)C(=O)O. The van der Waals surface area contributed by atoms with Gasteiger partial charge in [-0.25, -0.2) is 14.6 Å². The van der Waals surface area contributed by atoms with E-state index in [1.807, 2.05) is 0 Å². The van der Waals surface area contributed by atoms with Gasteiger partial charge in [0.15, 0.2) is 11.5 Å². The van der Waals surface area contributed by atoms with Gasteiger partial charge in [0, 0.05) is 43.2 Å². The summed E-state index contributed by atoms with van der Waals surface area (Å²) in [6.07, 6.45) is 6.70. The molecule has 11 N–H and O–H groups in total. The summed E-state index contributed by atoms with van der Waals surface area (Å²) in [6.45, 7) is 2.63. The minimum atomic E-state index is -1.85. The quantitative estimate of drug-likeness (QED) is 0.0361. The second-order valence-electron chi connectivity index (χ2n) is 12.6. The number of carboxylic acid groups (broad SMARTS) is 2. The summed E-state index contributed by atoms with van der Waals surface area (Å²) in [5, 5.41) is 50.3. The Labute approximate surface area is 330 Å². The summed E-state index contributed by atoms with van der Waals surface area (Å²) in [7, 11) is 0. The number of halogens is 1. The van der Waals surface area contributed by atoms with Crippen LogP contribution in [-0.4, -0.2) is 125 Å². The Morgan fingerprint density at radius 2 is 1.91 bits per heavy atom. The molecule has 5 heterocycles. The number of oxime groups is 1. The number of fused-ring (bicyclic) bond motifs is 1. The third-order valence-electron chi connectivity index (χ3n) is 8.20. The van der Waals surface area contributed by atoms with Crippen LogP contribution in [0.3, 0.4) is 0 Å². The van der Waals surface area contributed by atoms with Gasteiger partial charge in [0.1, 0.15) is 35.3 Å². The van der Waals surface area contributed by atoms with Crippen LogP contribution in [0.5, 0.6) is 5.75 Å². The zero-order valence-electron chi connectivity index (χ0n) is 29.4. The number of aromatic hydroxyl groups is 1. The van der Waals surface area contributed by atoms with Crippen LogP contribution in [0.4, 0.5) is 0 Å². The van der Waals surface area contributed by atoms with Crippen molar-refractivity contribution in [3.63, 3.8) is 0 Å². The highest BCUT2D eigenvalue weighted by molar-refractivity contribution is 8.08. The molecule has 298 valence electrons. The van der Waals surface area contributed by atoms with E-state index in [9.17, 15) is 49.3 Å². The van der Waals surface area contributed by atoms with E-state index in [1.54, 1.807) is 11.1 Å². The number of nitrogens with zero attached hydrogens (tertiary/aromatic N) is 5. The van der Waals surface area contributed by atoms with E-state index < -0.39 is 69.3 Å². The van der Waals surface area contributed by atoms with Crippen LogP contribution in [0.1, 0.15) is 24.3 Å². The molecule has 0 aliphatic carbocycles. The van der Waals surface area contributed by atoms with Crippen molar-refractivity contribution >= 4 is 76.3 Å². The number of amidine groups is 1. The summed E-state index contributed by atoms with van der Waals surface area (Å²) < 4.78 is 0.330. The zero-order valence-corrected chi connectivity index (χ0v) is 31.8. The van der Waals surface area contributed by atoms with Crippen LogP contribution in [0.25, 0.3) is 0 Å². The first-order valence-electron chi connectivity index (χ1n) is 16.2. The monoisotopic (exact) mass is 834 g/mol. The highest BCUT2D eigenvalue weighted by Crippen LogP contribution is 2.41. The van der Waals surface area contributed by atoms with Gasteiger partial charge in [-0.15, -0.1) is 11.8 Å². The van der Waals surface area contributed by atoms with E-state index in [4.69, 9.17) is 27.9 Å². The lowest BCUT2D eigenvalue weighted by molar-refractivity contribution is -0.161. The van der Waals surface area contributed by atoms with Crippen LogP contribution in [0.15, 0.2) is 83.6 Å². The first kappa shape index (κ1) is 41.1. The molecule has 1 saturated heterocycles. The number of pyridine rings is 1. The Balaban J connectivity index is 1.26. The van der Waals surface area contributed by atoms with Crippen molar-refractivity contribution in [2.24, 2.45) is 21.6 Å². The average Bonchev–Trinajstić information content (AvgIpc) is 3.30. The number of amides is 3. The van der Waals surface area contributed by atoms with Gasteiger partial charge < -0.3 is 57.7 Å². The van der Waals surface area contributed by atoms with Crippen molar-refractivity contribution in [2.45, 2.75) is 30.9 Å². The molecule has 0 radical (unpaired) electrons. The third-order valence-corrected chi connectivity index (χ3v) is 10.7. The number of aromatic nitrogens is 1. The molecule has 4 aliphatic heterocycles. The van der Waals surface area contributed by atoms with E-state index in [2.05, 4.69) is 26.1 Å². The third kappa shape index (κ3) is 8.90. The summed E-state index contributed by atoms with van der Waals surface area (Å²) in [5.74, 6) is -5.67. The number of nitrogens with two attached hydrogens (primary N) is 2. The molecule has 21 nitrogen and oxygen atoms in total. The van der Waals surface area contributed by atoms with Gasteiger partial charge in [-0.3, -0.25) is 24.1 Å². The number of carbonyl (C=O) groups is 5. The zero-order chi connectivity index (χ0) is 41.1. The summed E-state index contributed by atoms with van der Waals surface area (Å²) in [5.41, 5.74) is 8.85. The molecule has 4 aliphatic rings. The van der Waals surface area contributed by atoms with E-state index in [0.717, 1.165) is 22.7 Å². The number of aliphatic imine (C=N–C) groups is 1. The smallest absolute Gasteiger partial charge is 0.352 e. The van der Waals surface area contributed by atoms with Gasteiger partial charge in [0.2, 0.25) is 11.0 Å². The number of β-lactam (4-membered cyclic amide) rings is 1. The molecule has 3 amide bonds. The lowest BCUT2D eigenvalue weighted by Gasteiger charge is -2.49. The molecule has 1 aromatic rings. The van der Waals surface area contributed by atoms with Gasteiger partial charge in [-0.05, 0) is 25.5 Å². The largest absolute Gasteiger partial charge is 0.503 e. The fourth-order valence-electron chi connectivity index (χ4n) is 5.26. The maximum atomic E-state index is 13.7. The Bertz CT molecular complexity index is 2160.